The molecule has 46 valence electrons. The van der Waals surface area contributed by atoms with Crippen LogP contribution in [0.2, 0.25) is 0 Å². The van der Waals surface area contributed by atoms with Crippen LogP contribution in [0.5, 0.6) is 0 Å². The number of hydrogen-bond acceptors (Lipinski definition) is 0. The van der Waals surface area contributed by atoms with Gasteiger partial charge in [-0.2, -0.15) is 0 Å². The molecular formula is C7H11F. The molecule has 0 fully saturated rings. The molecule has 0 aliphatic rings. The molecule has 0 spiro atoms. The molecule has 0 saturated carbocycles. The highest BCUT2D eigenvalue weighted by Gasteiger charge is 1.77. The third kappa shape index (κ3) is 3.59. The minimum absolute atomic E-state index is 0.160. The number of hydrogen-bond donors (Lipinski definition) is 0. The second-order valence-electron chi connectivity index (χ2n) is 1.48. The van der Waals surface area contributed by atoms with E-state index in [0.29, 0.717) is 0 Å². The predicted octanol–water partition coefficient (Wildman–Crippen LogP) is 2.83. The van der Waals surface area contributed by atoms with Gasteiger partial charge < -0.3 is 0 Å². The number of allylic oxidation sites excluding steroid dienone is 4. The fraction of sp³-hybridized carbons (Fsp3) is 0.429. The van der Waals surface area contributed by atoms with E-state index in [0.717, 1.165) is 6.42 Å². The molecule has 0 unspecified atom stereocenters. The minimum atomic E-state index is -0.160. The summed E-state index contributed by atoms with van der Waals surface area (Å²) in [5.74, 6) is -0.160. The Kier molecular flexibility index (Phi) is 4.23. The zero-order valence-corrected chi connectivity index (χ0v) is 5.32. The van der Waals surface area contributed by atoms with Gasteiger partial charge in [0, 0.05) is 0 Å². The van der Waals surface area contributed by atoms with Crippen LogP contribution < -0.4 is 0 Å². The molecule has 8 heavy (non-hydrogen) atoms. The number of rotatable bonds is 2. The SMILES string of the molecule is C/C=C(F)\C=C/CC. The zero-order valence-electron chi connectivity index (χ0n) is 5.32. The summed E-state index contributed by atoms with van der Waals surface area (Å²) in [6, 6.07) is 0. The Balaban J connectivity index is 3.53. The van der Waals surface area contributed by atoms with Crippen molar-refractivity contribution in [1.29, 1.82) is 0 Å². The van der Waals surface area contributed by atoms with E-state index < -0.39 is 0 Å². The normalized spacial score (nSPS) is 13.1. The van der Waals surface area contributed by atoms with Gasteiger partial charge in [-0.15, -0.1) is 0 Å². The molecule has 0 amide bonds. The van der Waals surface area contributed by atoms with E-state index in [4.69, 9.17) is 0 Å². The summed E-state index contributed by atoms with van der Waals surface area (Å²) in [5.41, 5.74) is 0. The molecule has 0 nitrogen and oxygen atoms in total. The highest BCUT2D eigenvalue weighted by Crippen LogP contribution is 1.97. The van der Waals surface area contributed by atoms with E-state index in [1.54, 1.807) is 13.0 Å². The van der Waals surface area contributed by atoms with Gasteiger partial charge in [0.2, 0.25) is 0 Å². The van der Waals surface area contributed by atoms with Crippen LogP contribution in [-0.4, -0.2) is 0 Å². The molecule has 0 aromatic rings. The lowest BCUT2D eigenvalue weighted by Gasteiger charge is -1.79. The van der Waals surface area contributed by atoms with Crippen molar-refractivity contribution < 1.29 is 4.39 Å². The first-order valence-electron chi connectivity index (χ1n) is 2.79. The van der Waals surface area contributed by atoms with E-state index >= 15 is 0 Å². The average Bonchev–Trinajstić information content (AvgIpc) is 1.83. The van der Waals surface area contributed by atoms with Crippen molar-refractivity contribution in [3.63, 3.8) is 0 Å². The quantitative estimate of drug-likeness (QED) is 0.484. The Morgan fingerprint density at radius 1 is 1.62 bits per heavy atom. The van der Waals surface area contributed by atoms with Gasteiger partial charge in [0.05, 0.1) is 0 Å². The third-order valence-electron chi connectivity index (χ3n) is 0.789. The van der Waals surface area contributed by atoms with Crippen molar-refractivity contribution in [3.8, 4) is 0 Å². The van der Waals surface area contributed by atoms with Crippen molar-refractivity contribution in [1.82, 2.24) is 0 Å². The molecule has 1 heteroatoms. The molecule has 0 aliphatic heterocycles. The third-order valence-corrected chi connectivity index (χ3v) is 0.789. The predicted molar refractivity (Wildman–Crippen MR) is 34.3 cm³/mol. The van der Waals surface area contributed by atoms with Gasteiger partial charge in [-0.1, -0.05) is 19.1 Å². The smallest absolute Gasteiger partial charge is 0.118 e. The van der Waals surface area contributed by atoms with Crippen molar-refractivity contribution in [2.45, 2.75) is 20.3 Å². The van der Waals surface area contributed by atoms with Gasteiger partial charge >= 0.3 is 0 Å². The van der Waals surface area contributed by atoms with Gasteiger partial charge in [-0.25, -0.2) is 4.39 Å². The van der Waals surface area contributed by atoms with E-state index in [-0.39, 0.29) is 5.83 Å². The summed E-state index contributed by atoms with van der Waals surface area (Å²) in [6.45, 7) is 3.65. The Morgan fingerprint density at radius 2 is 2.25 bits per heavy atom. The van der Waals surface area contributed by atoms with E-state index in [1.807, 2.05) is 6.92 Å². The topological polar surface area (TPSA) is 0 Å². The van der Waals surface area contributed by atoms with E-state index in [1.165, 1.54) is 12.2 Å². The van der Waals surface area contributed by atoms with Gasteiger partial charge in [-0.05, 0) is 19.4 Å². The summed E-state index contributed by atoms with van der Waals surface area (Å²) >= 11 is 0. The first kappa shape index (κ1) is 7.41. The van der Waals surface area contributed by atoms with Crippen LogP contribution in [0.4, 0.5) is 4.39 Å². The second kappa shape index (κ2) is 4.57. The van der Waals surface area contributed by atoms with Crippen LogP contribution >= 0.6 is 0 Å². The fourth-order valence-electron chi connectivity index (χ4n) is 0.327. The fourth-order valence-corrected chi connectivity index (χ4v) is 0.327. The minimum Gasteiger partial charge on any atom is -0.207 e. The lowest BCUT2D eigenvalue weighted by Crippen LogP contribution is -1.60. The van der Waals surface area contributed by atoms with Crippen LogP contribution in [-0.2, 0) is 0 Å². The molecule has 0 aliphatic carbocycles. The van der Waals surface area contributed by atoms with Crippen LogP contribution in [0, 0.1) is 0 Å². The Labute approximate surface area is 49.7 Å². The largest absolute Gasteiger partial charge is 0.207 e. The Morgan fingerprint density at radius 3 is 2.62 bits per heavy atom. The standard InChI is InChI=1S/C7H11F/c1-3-5-6-7(8)4-2/h4-6H,3H2,1-2H3/b6-5-,7-4+. The highest BCUT2D eigenvalue weighted by molar-refractivity contribution is 5.08. The lowest BCUT2D eigenvalue weighted by molar-refractivity contribution is 0.664. The molecular weight excluding hydrogens is 103 g/mol. The van der Waals surface area contributed by atoms with Gasteiger partial charge in [0.1, 0.15) is 5.83 Å². The van der Waals surface area contributed by atoms with Crippen molar-refractivity contribution in [3.05, 3.63) is 24.1 Å². The monoisotopic (exact) mass is 114 g/mol. The highest BCUT2D eigenvalue weighted by atomic mass is 19.1. The van der Waals surface area contributed by atoms with Crippen LogP contribution in [0.25, 0.3) is 0 Å². The molecule has 0 atom stereocenters. The molecule has 0 aromatic carbocycles. The molecule has 0 rings (SSSR count). The lowest BCUT2D eigenvalue weighted by atomic mass is 10.4. The Hall–Kier alpha value is -0.590. The van der Waals surface area contributed by atoms with Crippen LogP contribution in [0.3, 0.4) is 0 Å². The summed E-state index contributed by atoms with van der Waals surface area (Å²) in [4.78, 5) is 0. The molecule has 0 N–H and O–H groups in total. The molecule has 0 bridgehead atoms. The van der Waals surface area contributed by atoms with E-state index in [9.17, 15) is 4.39 Å². The number of halogens is 1. The van der Waals surface area contributed by atoms with Crippen LogP contribution in [0.15, 0.2) is 24.1 Å². The Bertz CT molecular complexity index is 101. The van der Waals surface area contributed by atoms with Gasteiger partial charge in [-0.3, -0.25) is 0 Å². The molecule has 0 aromatic heterocycles. The summed E-state index contributed by atoms with van der Waals surface area (Å²) in [6.07, 6.45) is 5.59. The van der Waals surface area contributed by atoms with Crippen LogP contribution in [0.1, 0.15) is 20.3 Å². The second-order valence-corrected chi connectivity index (χ2v) is 1.48. The first-order chi connectivity index (χ1) is 3.81. The van der Waals surface area contributed by atoms with Crippen molar-refractivity contribution in [2.75, 3.05) is 0 Å². The summed E-state index contributed by atoms with van der Waals surface area (Å²) in [5, 5.41) is 0. The molecule has 0 heterocycles. The zero-order chi connectivity index (χ0) is 6.41. The molecule has 0 radical (unpaired) electrons. The van der Waals surface area contributed by atoms with E-state index in [2.05, 4.69) is 0 Å². The maximum atomic E-state index is 12.1. The van der Waals surface area contributed by atoms with Gasteiger partial charge in [0.15, 0.2) is 0 Å². The maximum Gasteiger partial charge on any atom is 0.118 e. The molecule has 0 saturated heterocycles. The first-order valence-corrected chi connectivity index (χ1v) is 2.79. The summed E-state index contributed by atoms with van der Waals surface area (Å²) < 4.78 is 12.1. The average molecular weight is 114 g/mol. The summed E-state index contributed by atoms with van der Waals surface area (Å²) in [7, 11) is 0. The van der Waals surface area contributed by atoms with Crippen molar-refractivity contribution in [2.24, 2.45) is 0 Å². The maximum absolute atomic E-state index is 12.1. The van der Waals surface area contributed by atoms with Gasteiger partial charge in [0.25, 0.3) is 0 Å². The van der Waals surface area contributed by atoms with Crippen molar-refractivity contribution >= 4 is 0 Å².